The second-order valence-electron chi connectivity index (χ2n) is 5.84. The minimum absolute atomic E-state index is 0.0353. The van der Waals surface area contributed by atoms with E-state index >= 15 is 0 Å². The Kier molecular flexibility index (Phi) is 4.64. The van der Waals surface area contributed by atoms with Gasteiger partial charge >= 0.3 is 0 Å². The van der Waals surface area contributed by atoms with Crippen LogP contribution in [0.15, 0.2) is 24.3 Å². The maximum absolute atomic E-state index is 13.6. The predicted octanol–water partition coefficient (Wildman–Crippen LogP) is 2.97. The van der Waals surface area contributed by atoms with Crippen LogP contribution in [0, 0.1) is 5.82 Å². The molecule has 1 aromatic carbocycles. The van der Waals surface area contributed by atoms with Crippen LogP contribution in [0.5, 0.6) is 0 Å². The van der Waals surface area contributed by atoms with Crippen molar-refractivity contribution < 1.29 is 9.13 Å². The first-order valence-electron chi connectivity index (χ1n) is 7.43. The van der Waals surface area contributed by atoms with E-state index in [1.165, 1.54) is 24.0 Å². The fourth-order valence-corrected chi connectivity index (χ4v) is 4.37. The SMILES string of the molecule is Fc1cccc(C2(CNC3CCSC3)CCOCC2)c1. The molecular weight excluding hydrogens is 273 g/mol. The average molecular weight is 295 g/mol. The summed E-state index contributed by atoms with van der Waals surface area (Å²) in [6.45, 7) is 2.49. The van der Waals surface area contributed by atoms with Crippen LogP contribution in [0.25, 0.3) is 0 Å². The molecule has 0 aliphatic carbocycles. The Balaban J connectivity index is 1.76. The molecular formula is C16H22FNOS. The molecule has 1 unspecified atom stereocenters. The highest BCUT2D eigenvalue weighted by molar-refractivity contribution is 7.99. The maximum Gasteiger partial charge on any atom is 0.123 e. The molecule has 0 amide bonds. The third kappa shape index (κ3) is 3.18. The van der Waals surface area contributed by atoms with Gasteiger partial charge < -0.3 is 10.1 Å². The summed E-state index contributed by atoms with van der Waals surface area (Å²) in [6, 6.07) is 7.74. The molecule has 4 heteroatoms. The summed E-state index contributed by atoms with van der Waals surface area (Å²) in [4.78, 5) is 0. The van der Waals surface area contributed by atoms with Crippen LogP contribution in [0.3, 0.4) is 0 Å². The minimum Gasteiger partial charge on any atom is -0.381 e. The van der Waals surface area contributed by atoms with Gasteiger partial charge in [-0.15, -0.1) is 0 Å². The Morgan fingerprint density at radius 2 is 2.20 bits per heavy atom. The highest BCUT2D eigenvalue weighted by Gasteiger charge is 2.35. The van der Waals surface area contributed by atoms with Crippen molar-refractivity contribution in [2.24, 2.45) is 0 Å². The number of ether oxygens (including phenoxy) is 1. The van der Waals surface area contributed by atoms with Gasteiger partial charge in [0.1, 0.15) is 5.82 Å². The topological polar surface area (TPSA) is 21.3 Å². The lowest BCUT2D eigenvalue weighted by atomic mass is 9.74. The molecule has 0 saturated carbocycles. The Labute approximate surface area is 124 Å². The zero-order valence-corrected chi connectivity index (χ0v) is 12.6. The van der Waals surface area contributed by atoms with Gasteiger partial charge in [0.05, 0.1) is 0 Å². The molecule has 0 aromatic heterocycles. The van der Waals surface area contributed by atoms with Gasteiger partial charge in [-0.2, -0.15) is 11.8 Å². The van der Waals surface area contributed by atoms with E-state index < -0.39 is 0 Å². The predicted molar refractivity (Wildman–Crippen MR) is 81.9 cm³/mol. The lowest BCUT2D eigenvalue weighted by molar-refractivity contribution is 0.0490. The largest absolute Gasteiger partial charge is 0.381 e. The standard InChI is InChI=1S/C16H22FNOS/c17-14-3-1-2-13(10-14)16(5-7-19-8-6-16)12-18-15-4-9-20-11-15/h1-3,10,15,18H,4-9,11-12H2. The van der Waals surface area contributed by atoms with Crippen molar-refractivity contribution in [3.63, 3.8) is 0 Å². The molecule has 2 heterocycles. The monoisotopic (exact) mass is 295 g/mol. The van der Waals surface area contributed by atoms with Gasteiger partial charge in [0.2, 0.25) is 0 Å². The van der Waals surface area contributed by atoms with E-state index in [1.54, 1.807) is 6.07 Å². The number of rotatable bonds is 4. The number of hydrogen-bond acceptors (Lipinski definition) is 3. The van der Waals surface area contributed by atoms with Gasteiger partial charge in [-0.05, 0) is 42.7 Å². The normalized spacial score (nSPS) is 25.8. The third-order valence-corrected chi connectivity index (χ3v) is 5.71. The summed E-state index contributed by atoms with van der Waals surface area (Å²) in [6.07, 6.45) is 3.20. The Bertz CT molecular complexity index is 442. The molecule has 20 heavy (non-hydrogen) atoms. The van der Waals surface area contributed by atoms with Crippen LogP contribution in [-0.4, -0.2) is 37.3 Å². The van der Waals surface area contributed by atoms with Gasteiger partial charge in [0, 0.05) is 37.0 Å². The molecule has 0 spiro atoms. The van der Waals surface area contributed by atoms with Crippen molar-refractivity contribution in [2.45, 2.75) is 30.7 Å². The average Bonchev–Trinajstić information content (AvgIpc) is 3.00. The van der Waals surface area contributed by atoms with Crippen molar-refractivity contribution in [3.8, 4) is 0 Å². The van der Waals surface area contributed by atoms with Crippen molar-refractivity contribution >= 4 is 11.8 Å². The molecule has 1 aromatic rings. The zero-order chi connectivity index (χ0) is 13.8. The Hall–Kier alpha value is -0.580. The van der Waals surface area contributed by atoms with E-state index in [9.17, 15) is 4.39 Å². The first kappa shape index (κ1) is 14.4. The van der Waals surface area contributed by atoms with E-state index in [0.29, 0.717) is 6.04 Å². The molecule has 1 N–H and O–H groups in total. The van der Waals surface area contributed by atoms with Gasteiger partial charge in [-0.1, -0.05) is 12.1 Å². The number of halogens is 1. The highest BCUT2D eigenvalue weighted by Crippen LogP contribution is 2.35. The molecule has 1 atom stereocenters. The first-order valence-corrected chi connectivity index (χ1v) is 8.59. The van der Waals surface area contributed by atoms with Crippen LogP contribution < -0.4 is 5.32 Å². The van der Waals surface area contributed by atoms with Crippen LogP contribution >= 0.6 is 11.8 Å². The van der Waals surface area contributed by atoms with Crippen LogP contribution in [0.1, 0.15) is 24.8 Å². The van der Waals surface area contributed by atoms with Crippen LogP contribution in [0.2, 0.25) is 0 Å². The van der Waals surface area contributed by atoms with Gasteiger partial charge in [-0.25, -0.2) is 4.39 Å². The molecule has 110 valence electrons. The van der Waals surface area contributed by atoms with Crippen LogP contribution in [0.4, 0.5) is 4.39 Å². The molecule has 2 saturated heterocycles. The number of benzene rings is 1. The molecule has 2 aliphatic rings. The fourth-order valence-electron chi connectivity index (χ4n) is 3.18. The lowest BCUT2D eigenvalue weighted by Gasteiger charge is -2.39. The molecule has 2 fully saturated rings. The number of hydrogen-bond donors (Lipinski definition) is 1. The summed E-state index contributed by atoms with van der Waals surface area (Å²) < 4.78 is 19.1. The van der Waals surface area contributed by atoms with Crippen molar-refractivity contribution in [1.82, 2.24) is 5.32 Å². The first-order chi connectivity index (χ1) is 9.78. The van der Waals surface area contributed by atoms with E-state index in [4.69, 9.17) is 4.74 Å². The van der Waals surface area contributed by atoms with Gasteiger partial charge in [-0.3, -0.25) is 0 Å². The highest BCUT2D eigenvalue weighted by atomic mass is 32.2. The summed E-state index contributed by atoms with van der Waals surface area (Å²) in [5.74, 6) is 2.33. The second-order valence-corrected chi connectivity index (χ2v) is 6.99. The molecule has 2 nitrogen and oxygen atoms in total. The zero-order valence-electron chi connectivity index (χ0n) is 11.7. The van der Waals surface area contributed by atoms with Crippen LogP contribution in [-0.2, 0) is 10.2 Å². The number of nitrogens with one attached hydrogen (secondary N) is 1. The molecule has 0 bridgehead atoms. The Morgan fingerprint density at radius 3 is 2.90 bits per heavy atom. The summed E-state index contributed by atoms with van der Waals surface area (Å²) in [5, 5.41) is 3.71. The second kappa shape index (κ2) is 6.46. The molecule has 2 aliphatic heterocycles. The maximum atomic E-state index is 13.6. The van der Waals surface area contributed by atoms with Gasteiger partial charge in [0.25, 0.3) is 0 Å². The Morgan fingerprint density at radius 1 is 1.35 bits per heavy atom. The summed E-state index contributed by atoms with van der Waals surface area (Å²) in [7, 11) is 0. The van der Waals surface area contributed by atoms with E-state index in [-0.39, 0.29) is 11.2 Å². The fraction of sp³-hybridized carbons (Fsp3) is 0.625. The lowest BCUT2D eigenvalue weighted by Crippen LogP contribution is -2.46. The van der Waals surface area contributed by atoms with Crippen molar-refractivity contribution in [1.29, 1.82) is 0 Å². The van der Waals surface area contributed by atoms with E-state index in [2.05, 4.69) is 11.4 Å². The van der Waals surface area contributed by atoms with E-state index in [1.807, 2.05) is 17.8 Å². The smallest absolute Gasteiger partial charge is 0.123 e. The number of thioether (sulfide) groups is 1. The minimum atomic E-state index is -0.134. The third-order valence-electron chi connectivity index (χ3n) is 4.55. The van der Waals surface area contributed by atoms with E-state index in [0.717, 1.165) is 38.2 Å². The molecule has 0 radical (unpaired) electrons. The van der Waals surface area contributed by atoms with Gasteiger partial charge in [0.15, 0.2) is 0 Å². The summed E-state index contributed by atoms with van der Waals surface area (Å²) >= 11 is 2.02. The summed E-state index contributed by atoms with van der Waals surface area (Å²) in [5.41, 5.74) is 1.16. The van der Waals surface area contributed by atoms with Crippen molar-refractivity contribution in [2.75, 3.05) is 31.3 Å². The quantitative estimate of drug-likeness (QED) is 0.923. The molecule has 3 rings (SSSR count). The van der Waals surface area contributed by atoms with Crippen molar-refractivity contribution in [3.05, 3.63) is 35.6 Å².